The summed E-state index contributed by atoms with van der Waals surface area (Å²) in [6, 6.07) is 5.64. The van der Waals surface area contributed by atoms with Gasteiger partial charge in [-0.2, -0.15) is 0 Å². The van der Waals surface area contributed by atoms with E-state index in [0.29, 0.717) is 0 Å². The third-order valence-electron chi connectivity index (χ3n) is 2.66. The first-order valence-electron chi connectivity index (χ1n) is 5.67. The lowest BCUT2D eigenvalue weighted by molar-refractivity contribution is 0.963. The van der Waals surface area contributed by atoms with Crippen LogP contribution >= 0.6 is 11.3 Å². The van der Waals surface area contributed by atoms with E-state index in [-0.39, 0.29) is 0 Å². The molecule has 4 N–H and O–H groups in total. The van der Waals surface area contributed by atoms with Crippen LogP contribution in [-0.2, 0) is 6.42 Å². The van der Waals surface area contributed by atoms with Crippen molar-refractivity contribution in [2.45, 2.75) is 6.42 Å². The smallest absolute Gasteiger partial charge is 0.201 e. The Morgan fingerprint density at radius 2 is 2.33 bits per heavy atom. The topological polar surface area (TPSA) is 79.6 Å². The summed E-state index contributed by atoms with van der Waals surface area (Å²) in [6.07, 6.45) is 0.892. The van der Waals surface area contributed by atoms with E-state index in [2.05, 4.69) is 25.6 Å². The number of imidazole rings is 1. The van der Waals surface area contributed by atoms with Gasteiger partial charge in [-0.15, -0.1) is 11.3 Å². The Labute approximate surface area is 108 Å². The largest absolute Gasteiger partial charge is 0.399 e. The number of benzene rings is 1. The van der Waals surface area contributed by atoms with Crippen LogP contribution < -0.4 is 11.1 Å². The average Bonchev–Trinajstić information content (AvgIpc) is 2.97. The van der Waals surface area contributed by atoms with E-state index in [9.17, 15) is 0 Å². The number of thiazole rings is 1. The zero-order chi connectivity index (χ0) is 12.4. The van der Waals surface area contributed by atoms with Gasteiger partial charge in [-0.05, 0) is 18.2 Å². The van der Waals surface area contributed by atoms with Gasteiger partial charge in [0.05, 0.1) is 22.2 Å². The maximum atomic E-state index is 5.72. The number of fused-ring (bicyclic) bond motifs is 1. The molecule has 1 aromatic carbocycles. The predicted octanol–water partition coefficient (Wildman–Crippen LogP) is 2.26. The van der Waals surface area contributed by atoms with Crippen LogP contribution in [-0.4, -0.2) is 21.5 Å². The molecule has 3 aromatic rings. The van der Waals surface area contributed by atoms with Crippen molar-refractivity contribution in [3.63, 3.8) is 0 Å². The summed E-state index contributed by atoms with van der Waals surface area (Å²) in [7, 11) is 0. The molecule has 3 rings (SSSR count). The highest BCUT2D eigenvalue weighted by molar-refractivity contribution is 7.07. The number of nitrogens with one attached hydrogen (secondary N) is 2. The van der Waals surface area contributed by atoms with Crippen molar-refractivity contribution < 1.29 is 0 Å². The molecule has 0 bridgehead atoms. The van der Waals surface area contributed by atoms with Gasteiger partial charge in [-0.1, -0.05) is 0 Å². The Morgan fingerprint density at radius 1 is 1.39 bits per heavy atom. The molecule has 18 heavy (non-hydrogen) atoms. The fraction of sp³-hybridized carbons (Fsp3) is 0.167. The van der Waals surface area contributed by atoms with Gasteiger partial charge in [0.25, 0.3) is 0 Å². The second-order valence-electron chi connectivity index (χ2n) is 4.02. The lowest BCUT2D eigenvalue weighted by Gasteiger charge is -1.99. The van der Waals surface area contributed by atoms with Gasteiger partial charge in [-0.3, -0.25) is 0 Å². The minimum absolute atomic E-state index is 0.736. The predicted molar refractivity (Wildman–Crippen MR) is 74.8 cm³/mol. The van der Waals surface area contributed by atoms with Crippen LogP contribution in [0.15, 0.2) is 29.1 Å². The number of aromatic amines is 1. The highest BCUT2D eigenvalue weighted by Crippen LogP contribution is 2.17. The monoisotopic (exact) mass is 259 g/mol. The number of nitrogens with two attached hydrogens (primary N) is 1. The minimum Gasteiger partial charge on any atom is -0.399 e. The van der Waals surface area contributed by atoms with E-state index in [1.54, 1.807) is 11.3 Å². The van der Waals surface area contributed by atoms with Crippen molar-refractivity contribution in [3.8, 4) is 0 Å². The Hall–Kier alpha value is -2.08. The fourth-order valence-electron chi connectivity index (χ4n) is 1.78. The lowest BCUT2D eigenvalue weighted by Crippen LogP contribution is -2.06. The molecule has 0 amide bonds. The summed E-state index contributed by atoms with van der Waals surface area (Å²) >= 11 is 1.62. The molecule has 5 nitrogen and oxygen atoms in total. The highest BCUT2D eigenvalue weighted by Gasteiger charge is 2.02. The van der Waals surface area contributed by atoms with Crippen molar-refractivity contribution in [1.29, 1.82) is 0 Å². The molecule has 0 saturated carbocycles. The zero-order valence-electron chi connectivity index (χ0n) is 9.68. The molecular weight excluding hydrogens is 246 g/mol. The molecule has 0 atom stereocenters. The van der Waals surface area contributed by atoms with Crippen LogP contribution in [0, 0.1) is 0 Å². The minimum atomic E-state index is 0.736. The van der Waals surface area contributed by atoms with Crippen LogP contribution in [0.3, 0.4) is 0 Å². The van der Waals surface area contributed by atoms with E-state index in [1.807, 2.05) is 23.7 Å². The molecule has 0 aliphatic carbocycles. The number of H-pyrrole nitrogens is 1. The third-order valence-corrected chi connectivity index (χ3v) is 3.30. The van der Waals surface area contributed by atoms with Gasteiger partial charge >= 0.3 is 0 Å². The molecule has 0 unspecified atom stereocenters. The van der Waals surface area contributed by atoms with Crippen LogP contribution in [0.1, 0.15) is 5.69 Å². The molecule has 0 radical (unpaired) electrons. The molecular formula is C12H13N5S. The molecule has 0 spiro atoms. The molecule has 0 aliphatic heterocycles. The molecule has 6 heteroatoms. The van der Waals surface area contributed by atoms with Crippen molar-refractivity contribution in [2.75, 3.05) is 17.6 Å². The quantitative estimate of drug-likeness (QED) is 0.628. The summed E-state index contributed by atoms with van der Waals surface area (Å²) < 4.78 is 0. The van der Waals surface area contributed by atoms with Crippen molar-refractivity contribution in [3.05, 3.63) is 34.8 Å². The van der Waals surface area contributed by atoms with Crippen molar-refractivity contribution in [2.24, 2.45) is 0 Å². The number of aromatic nitrogens is 3. The molecule has 2 aromatic heterocycles. The van der Waals surface area contributed by atoms with E-state index in [4.69, 9.17) is 5.73 Å². The lowest BCUT2D eigenvalue weighted by atomic mass is 10.3. The standard InChI is InChI=1S/C12H13N5S/c13-8-1-2-10-11(5-8)17-12(16-10)14-4-3-9-6-18-7-15-9/h1-2,5-7H,3-4,13H2,(H2,14,16,17). The van der Waals surface area contributed by atoms with E-state index in [0.717, 1.165) is 41.3 Å². The fourth-order valence-corrected chi connectivity index (χ4v) is 2.37. The summed E-state index contributed by atoms with van der Waals surface area (Å²) in [5, 5.41) is 5.31. The van der Waals surface area contributed by atoms with Crippen LogP contribution in [0.2, 0.25) is 0 Å². The molecule has 0 aliphatic rings. The first-order chi connectivity index (χ1) is 8.81. The third kappa shape index (κ3) is 2.28. The maximum absolute atomic E-state index is 5.72. The molecule has 0 saturated heterocycles. The Morgan fingerprint density at radius 3 is 3.17 bits per heavy atom. The van der Waals surface area contributed by atoms with Crippen LogP contribution in [0.4, 0.5) is 11.6 Å². The SMILES string of the molecule is Nc1ccc2nc(NCCc3cscn3)[nH]c2c1. The van der Waals surface area contributed by atoms with E-state index >= 15 is 0 Å². The molecule has 0 fully saturated rings. The van der Waals surface area contributed by atoms with Gasteiger partial charge < -0.3 is 16.0 Å². The first-order valence-corrected chi connectivity index (χ1v) is 6.62. The summed E-state index contributed by atoms with van der Waals surface area (Å²) in [5.74, 6) is 0.769. The number of hydrogen-bond acceptors (Lipinski definition) is 5. The second-order valence-corrected chi connectivity index (χ2v) is 4.74. The zero-order valence-corrected chi connectivity index (χ0v) is 10.5. The van der Waals surface area contributed by atoms with Gasteiger partial charge in [0, 0.05) is 24.0 Å². The number of rotatable bonds is 4. The number of hydrogen-bond donors (Lipinski definition) is 3. The van der Waals surface area contributed by atoms with Gasteiger partial charge in [0.15, 0.2) is 0 Å². The normalized spacial score (nSPS) is 10.9. The van der Waals surface area contributed by atoms with Gasteiger partial charge in [0.2, 0.25) is 5.95 Å². The number of anilines is 2. The van der Waals surface area contributed by atoms with Crippen molar-refractivity contribution in [1.82, 2.24) is 15.0 Å². The van der Waals surface area contributed by atoms with Gasteiger partial charge in [0.1, 0.15) is 0 Å². The van der Waals surface area contributed by atoms with Crippen LogP contribution in [0.5, 0.6) is 0 Å². The maximum Gasteiger partial charge on any atom is 0.201 e. The highest BCUT2D eigenvalue weighted by atomic mass is 32.1. The molecule has 2 heterocycles. The average molecular weight is 259 g/mol. The Bertz CT molecular complexity index is 644. The molecule has 92 valence electrons. The summed E-state index contributed by atoms with van der Waals surface area (Å²) in [6.45, 7) is 0.805. The number of nitrogen functional groups attached to an aromatic ring is 1. The van der Waals surface area contributed by atoms with Crippen molar-refractivity contribution >= 4 is 34.0 Å². The van der Waals surface area contributed by atoms with E-state index < -0.39 is 0 Å². The Balaban J connectivity index is 1.67. The summed E-state index contributed by atoms with van der Waals surface area (Å²) in [5.41, 5.74) is 11.3. The van der Waals surface area contributed by atoms with Gasteiger partial charge in [-0.25, -0.2) is 9.97 Å². The first kappa shape index (κ1) is 11.0. The van der Waals surface area contributed by atoms with E-state index in [1.165, 1.54) is 0 Å². The Kier molecular flexibility index (Phi) is 2.85. The second kappa shape index (κ2) is 4.66. The van der Waals surface area contributed by atoms with Crippen LogP contribution in [0.25, 0.3) is 11.0 Å². The number of nitrogens with zero attached hydrogens (tertiary/aromatic N) is 2. The summed E-state index contributed by atoms with van der Waals surface area (Å²) in [4.78, 5) is 11.9.